The Hall–Kier alpha value is -0.0400. The fraction of sp³-hybridized carbons (Fsp3) is 0.600. The molecule has 1 heterocycles. The van der Waals surface area contributed by atoms with E-state index < -0.39 is 13.0 Å². The predicted molar refractivity (Wildman–Crippen MR) is 65.1 cm³/mol. The highest BCUT2D eigenvalue weighted by molar-refractivity contribution is 9.11. The molecule has 0 radical (unpaired) electrons. The number of hydrogen-bond donors (Lipinski definition) is 1. The van der Waals surface area contributed by atoms with E-state index in [4.69, 9.17) is 10.5 Å². The van der Waals surface area contributed by atoms with Gasteiger partial charge in [0, 0.05) is 17.5 Å². The lowest BCUT2D eigenvalue weighted by atomic mass is 10.2. The minimum atomic E-state index is -2.41. The van der Waals surface area contributed by atoms with Crippen molar-refractivity contribution in [3.63, 3.8) is 0 Å². The number of rotatable bonds is 6. The Morgan fingerprint density at radius 3 is 2.75 bits per heavy atom. The average molecular weight is 314 g/mol. The molecule has 16 heavy (non-hydrogen) atoms. The standard InChI is InChI=1S/C10H14BrF2NOS/c1-6-4-8(16-10(6)11)7(14)2-3-15-5-9(12)13/h4,7,9H,2-3,5,14H2,1H3. The molecule has 2 nitrogen and oxygen atoms in total. The van der Waals surface area contributed by atoms with Gasteiger partial charge in [0.15, 0.2) is 0 Å². The Morgan fingerprint density at radius 1 is 1.56 bits per heavy atom. The molecule has 0 aliphatic carbocycles. The van der Waals surface area contributed by atoms with Crippen LogP contribution in [-0.4, -0.2) is 19.6 Å². The van der Waals surface area contributed by atoms with Crippen LogP contribution in [0.1, 0.15) is 22.9 Å². The molecule has 2 N–H and O–H groups in total. The molecule has 6 heteroatoms. The van der Waals surface area contributed by atoms with Crippen molar-refractivity contribution in [2.45, 2.75) is 25.8 Å². The third-order valence-electron chi connectivity index (χ3n) is 2.06. The highest BCUT2D eigenvalue weighted by Crippen LogP contribution is 2.31. The summed E-state index contributed by atoms with van der Waals surface area (Å²) < 4.78 is 29.4. The summed E-state index contributed by atoms with van der Waals surface area (Å²) in [6, 6.07) is 1.86. The molecule has 1 atom stereocenters. The van der Waals surface area contributed by atoms with Crippen LogP contribution in [0.2, 0.25) is 0 Å². The SMILES string of the molecule is Cc1cc(C(N)CCOCC(F)F)sc1Br. The maximum absolute atomic E-state index is 11.8. The van der Waals surface area contributed by atoms with E-state index in [1.54, 1.807) is 11.3 Å². The topological polar surface area (TPSA) is 35.2 Å². The molecule has 0 aliphatic rings. The monoisotopic (exact) mass is 313 g/mol. The second-order valence-corrected chi connectivity index (χ2v) is 5.87. The van der Waals surface area contributed by atoms with Gasteiger partial charge in [0.25, 0.3) is 6.43 Å². The highest BCUT2D eigenvalue weighted by atomic mass is 79.9. The van der Waals surface area contributed by atoms with E-state index in [1.165, 1.54) is 0 Å². The summed E-state index contributed by atoms with van der Waals surface area (Å²) in [7, 11) is 0. The zero-order valence-electron chi connectivity index (χ0n) is 8.88. The average Bonchev–Trinajstić information content (AvgIpc) is 2.54. The molecule has 0 fully saturated rings. The lowest BCUT2D eigenvalue weighted by Crippen LogP contribution is -2.13. The first kappa shape index (κ1) is 14.0. The van der Waals surface area contributed by atoms with Gasteiger partial charge in [-0.05, 0) is 40.9 Å². The minimum absolute atomic E-state index is 0.146. The molecule has 0 bridgehead atoms. The van der Waals surface area contributed by atoms with Crippen LogP contribution in [0.4, 0.5) is 8.78 Å². The van der Waals surface area contributed by atoms with Gasteiger partial charge in [-0.3, -0.25) is 0 Å². The molecule has 1 unspecified atom stereocenters. The lowest BCUT2D eigenvalue weighted by Gasteiger charge is -2.09. The number of alkyl halides is 2. The Balaban J connectivity index is 2.32. The molecule has 1 rings (SSSR count). The van der Waals surface area contributed by atoms with Crippen LogP contribution in [0.15, 0.2) is 9.85 Å². The molecule has 1 aromatic rings. The fourth-order valence-electron chi connectivity index (χ4n) is 1.19. The summed E-state index contributed by atoms with van der Waals surface area (Å²) >= 11 is 4.99. The van der Waals surface area contributed by atoms with Gasteiger partial charge in [-0.2, -0.15) is 0 Å². The van der Waals surface area contributed by atoms with Crippen molar-refractivity contribution in [2.24, 2.45) is 5.73 Å². The second kappa shape index (κ2) is 6.64. The molecule has 0 saturated heterocycles. The van der Waals surface area contributed by atoms with Crippen molar-refractivity contribution < 1.29 is 13.5 Å². The van der Waals surface area contributed by atoms with Gasteiger partial charge in [-0.15, -0.1) is 11.3 Å². The van der Waals surface area contributed by atoms with E-state index in [0.29, 0.717) is 6.42 Å². The molecule has 92 valence electrons. The number of nitrogens with two attached hydrogens (primary N) is 1. The summed E-state index contributed by atoms with van der Waals surface area (Å²) in [4.78, 5) is 1.05. The number of ether oxygens (including phenoxy) is 1. The number of aryl methyl sites for hydroxylation is 1. The van der Waals surface area contributed by atoms with Crippen LogP contribution in [-0.2, 0) is 4.74 Å². The van der Waals surface area contributed by atoms with E-state index in [1.807, 2.05) is 13.0 Å². The maximum Gasteiger partial charge on any atom is 0.261 e. The summed E-state index contributed by atoms with van der Waals surface area (Å²) in [5.41, 5.74) is 7.06. The van der Waals surface area contributed by atoms with Crippen LogP contribution < -0.4 is 5.73 Å². The normalized spacial score (nSPS) is 13.4. The second-order valence-electron chi connectivity index (χ2n) is 3.47. The molecule has 0 aromatic carbocycles. The Labute approximate surface area is 106 Å². The first-order valence-corrected chi connectivity index (χ1v) is 6.49. The predicted octanol–water partition coefficient (Wildman–Crippen LogP) is 3.49. The first-order valence-electron chi connectivity index (χ1n) is 4.88. The van der Waals surface area contributed by atoms with Crippen LogP contribution in [0.5, 0.6) is 0 Å². The Bertz CT molecular complexity index is 313. The van der Waals surface area contributed by atoms with E-state index in [9.17, 15) is 8.78 Å². The molecular weight excluding hydrogens is 300 g/mol. The van der Waals surface area contributed by atoms with Crippen molar-refractivity contribution in [2.75, 3.05) is 13.2 Å². The van der Waals surface area contributed by atoms with E-state index in [0.717, 1.165) is 14.2 Å². The fourth-order valence-corrected chi connectivity index (χ4v) is 2.80. The van der Waals surface area contributed by atoms with Crippen molar-refractivity contribution in [3.8, 4) is 0 Å². The summed E-state index contributed by atoms with van der Waals surface area (Å²) in [6.07, 6.45) is -1.85. The smallest absolute Gasteiger partial charge is 0.261 e. The molecule has 1 aromatic heterocycles. The van der Waals surface area contributed by atoms with Gasteiger partial charge >= 0.3 is 0 Å². The van der Waals surface area contributed by atoms with Gasteiger partial charge in [0.2, 0.25) is 0 Å². The van der Waals surface area contributed by atoms with Gasteiger partial charge in [0.1, 0.15) is 6.61 Å². The quantitative estimate of drug-likeness (QED) is 0.816. The number of halogens is 3. The molecule has 0 spiro atoms. The summed E-state index contributed by atoms with van der Waals surface area (Å²) in [5, 5.41) is 0. The van der Waals surface area contributed by atoms with Crippen LogP contribution >= 0.6 is 27.3 Å². The van der Waals surface area contributed by atoms with Gasteiger partial charge in [-0.25, -0.2) is 8.78 Å². The third-order valence-corrected chi connectivity index (χ3v) is 4.33. The van der Waals surface area contributed by atoms with Gasteiger partial charge in [0.05, 0.1) is 3.79 Å². The van der Waals surface area contributed by atoms with Crippen LogP contribution in [0, 0.1) is 6.92 Å². The molecular formula is C10H14BrF2NOS. The zero-order valence-corrected chi connectivity index (χ0v) is 11.3. The lowest BCUT2D eigenvalue weighted by molar-refractivity contribution is 0.0153. The van der Waals surface area contributed by atoms with Gasteiger partial charge in [-0.1, -0.05) is 0 Å². The highest BCUT2D eigenvalue weighted by Gasteiger charge is 2.11. The number of hydrogen-bond acceptors (Lipinski definition) is 3. The Morgan fingerprint density at radius 2 is 2.25 bits per heavy atom. The maximum atomic E-state index is 11.8. The largest absolute Gasteiger partial charge is 0.375 e. The van der Waals surface area contributed by atoms with Gasteiger partial charge < -0.3 is 10.5 Å². The number of thiophene rings is 1. The first-order chi connectivity index (χ1) is 7.50. The minimum Gasteiger partial charge on any atom is -0.375 e. The molecule has 0 aliphatic heterocycles. The third kappa shape index (κ3) is 4.45. The molecule has 0 saturated carbocycles. The van der Waals surface area contributed by atoms with Crippen LogP contribution in [0.25, 0.3) is 0 Å². The van der Waals surface area contributed by atoms with E-state index in [-0.39, 0.29) is 12.6 Å². The van der Waals surface area contributed by atoms with Crippen LogP contribution in [0.3, 0.4) is 0 Å². The van der Waals surface area contributed by atoms with Crippen molar-refractivity contribution in [1.82, 2.24) is 0 Å². The summed E-state index contributed by atoms with van der Waals surface area (Å²) in [5.74, 6) is 0. The van der Waals surface area contributed by atoms with E-state index >= 15 is 0 Å². The molecule has 0 amide bonds. The van der Waals surface area contributed by atoms with E-state index in [2.05, 4.69) is 15.9 Å². The van der Waals surface area contributed by atoms with Crippen molar-refractivity contribution in [1.29, 1.82) is 0 Å². The van der Waals surface area contributed by atoms with Crippen molar-refractivity contribution >= 4 is 27.3 Å². The Kier molecular flexibility index (Phi) is 5.82. The van der Waals surface area contributed by atoms with Crippen molar-refractivity contribution in [3.05, 3.63) is 20.3 Å². The zero-order chi connectivity index (χ0) is 12.1. The summed E-state index contributed by atoms with van der Waals surface area (Å²) in [6.45, 7) is 1.74.